The van der Waals surface area contributed by atoms with Crippen LogP contribution >= 0.6 is 0 Å². The number of alkyl halides is 3. The Hall–Kier alpha value is -2.54. The molecule has 0 bridgehead atoms. The molecule has 2 aromatic rings. The number of likely N-dealkylation sites (tertiary alicyclic amines) is 1. The molecule has 0 unspecified atom stereocenters. The first-order chi connectivity index (χ1) is 13.3. The smallest absolute Gasteiger partial charge is 0.362 e. The Bertz CT molecular complexity index is 902. The van der Waals surface area contributed by atoms with E-state index in [1.807, 2.05) is 19.1 Å². The molecule has 0 atom stereocenters. The molecule has 28 heavy (non-hydrogen) atoms. The van der Waals surface area contributed by atoms with Crippen LogP contribution in [0.4, 0.5) is 18.9 Å². The van der Waals surface area contributed by atoms with Gasteiger partial charge < -0.3 is 10.6 Å². The third-order valence-corrected chi connectivity index (χ3v) is 5.60. The van der Waals surface area contributed by atoms with Crippen molar-refractivity contribution in [1.29, 1.82) is 0 Å². The summed E-state index contributed by atoms with van der Waals surface area (Å²) in [5.41, 5.74) is 2.08. The fourth-order valence-corrected chi connectivity index (χ4v) is 4.03. The molecule has 0 radical (unpaired) electrons. The summed E-state index contributed by atoms with van der Waals surface area (Å²) in [6.07, 6.45) is -2.96. The highest BCUT2D eigenvalue weighted by molar-refractivity contribution is 6.02. The number of aryl methyl sites for hydroxylation is 1. The van der Waals surface area contributed by atoms with Gasteiger partial charge in [0.25, 0.3) is 5.91 Å². The number of carbonyl (C=O) groups is 1. The van der Waals surface area contributed by atoms with Crippen LogP contribution in [0.2, 0.25) is 0 Å². The molecule has 2 aliphatic heterocycles. The SMILES string of the molecule is Cc1cccc2c1NC1(CCN(Cc3cccc(C(F)(F)F)c3)CC1)NC2=O. The molecule has 2 heterocycles. The molecule has 4 nitrogen and oxygen atoms in total. The fraction of sp³-hybridized carbons (Fsp3) is 0.381. The van der Waals surface area contributed by atoms with Crippen LogP contribution in [0.5, 0.6) is 0 Å². The van der Waals surface area contributed by atoms with Gasteiger partial charge in [-0.3, -0.25) is 9.69 Å². The summed E-state index contributed by atoms with van der Waals surface area (Å²) in [7, 11) is 0. The molecule has 2 N–H and O–H groups in total. The van der Waals surface area contributed by atoms with Gasteiger partial charge in [0.2, 0.25) is 0 Å². The first-order valence-electron chi connectivity index (χ1n) is 9.35. The lowest BCUT2D eigenvalue weighted by molar-refractivity contribution is -0.137. The Morgan fingerprint density at radius 2 is 1.79 bits per heavy atom. The second kappa shape index (κ2) is 6.81. The predicted octanol–water partition coefficient (Wildman–Crippen LogP) is 4.16. The highest BCUT2D eigenvalue weighted by atomic mass is 19.4. The van der Waals surface area contributed by atoms with E-state index in [0.717, 1.165) is 17.3 Å². The standard InChI is InChI=1S/C21H22F3N3O/c1-14-4-2-7-17-18(14)25-20(26-19(17)28)8-10-27(11-9-20)13-15-5-3-6-16(12-15)21(22,23)24/h2-7,12,25H,8-11,13H2,1H3,(H,26,28). The van der Waals surface area contributed by atoms with E-state index in [0.29, 0.717) is 43.6 Å². The number of halogens is 3. The molecule has 4 rings (SSSR count). The van der Waals surface area contributed by atoms with Gasteiger partial charge in [-0.25, -0.2) is 0 Å². The Morgan fingerprint density at radius 1 is 1.07 bits per heavy atom. The normalized spacial score (nSPS) is 19.1. The highest BCUT2D eigenvalue weighted by Crippen LogP contribution is 2.34. The lowest BCUT2D eigenvalue weighted by Gasteiger charge is -2.46. The number of nitrogens with zero attached hydrogens (tertiary/aromatic N) is 1. The zero-order valence-electron chi connectivity index (χ0n) is 15.6. The van der Waals surface area contributed by atoms with Gasteiger partial charge in [-0.15, -0.1) is 0 Å². The van der Waals surface area contributed by atoms with Crippen LogP contribution in [-0.4, -0.2) is 29.6 Å². The molecule has 0 aromatic heterocycles. The van der Waals surface area contributed by atoms with Crippen molar-refractivity contribution in [2.45, 2.75) is 38.1 Å². The molecule has 7 heteroatoms. The van der Waals surface area contributed by atoms with Gasteiger partial charge in [0, 0.05) is 32.5 Å². The average molecular weight is 389 g/mol. The van der Waals surface area contributed by atoms with Crippen LogP contribution in [0.3, 0.4) is 0 Å². The minimum absolute atomic E-state index is 0.0798. The first kappa shape index (κ1) is 18.8. The third-order valence-electron chi connectivity index (χ3n) is 5.60. The molecule has 1 spiro atoms. The second-order valence-electron chi connectivity index (χ2n) is 7.63. The maximum absolute atomic E-state index is 12.9. The summed E-state index contributed by atoms with van der Waals surface area (Å²) < 4.78 is 38.7. The minimum atomic E-state index is -4.33. The van der Waals surface area contributed by atoms with E-state index in [2.05, 4.69) is 15.5 Å². The molecule has 1 fully saturated rings. The summed E-state index contributed by atoms with van der Waals surface area (Å²) >= 11 is 0. The summed E-state index contributed by atoms with van der Waals surface area (Å²) in [5, 5.41) is 6.62. The molecule has 2 aliphatic rings. The van der Waals surface area contributed by atoms with E-state index in [4.69, 9.17) is 0 Å². The van der Waals surface area contributed by atoms with Crippen LogP contribution in [0.1, 0.15) is 39.9 Å². The van der Waals surface area contributed by atoms with Crippen LogP contribution in [0, 0.1) is 6.92 Å². The maximum atomic E-state index is 12.9. The highest BCUT2D eigenvalue weighted by Gasteiger charge is 2.40. The number of carbonyl (C=O) groups excluding carboxylic acids is 1. The molecule has 0 saturated carbocycles. The van der Waals surface area contributed by atoms with Crippen molar-refractivity contribution in [2.24, 2.45) is 0 Å². The first-order valence-corrected chi connectivity index (χ1v) is 9.35. The van der Waals surface area contributed by atoms with Gasteiger partial charge in [0.1, 0.15) is 5.66 Å². The second-order valence-corrected chi connectivity index (χ2v) is 7.63. The molecule has 1 saturated heterocycles. The van der Waals surface area contributed by atoms with E-state index < -0.39 is 17.4 Å². The summed E-state index contributed by atoms with van der Waals surface area (Å²) in [4.78, 5) is 14.7. The molecule has 2 aromatic carbocycles. The number of para-hydroxylation sites is 1. The van der Waals surface area contributed by atoms with Crippen molar-refractivity contribution in [3.05, 3.63) is 64.7 Å². The Morgan fingerprint density at radius 3 is 2.50 bits per heavy atom. The lowest BCUT2D eigenvalue weighted by Crippen LogP contribution is -2.62. The molecule has 148 valence electrons. The zero-order valence-corrected chi connectivity index (χ0v) is 15.6. The average Bonchev–Trinajstić information content (AvgIpc) is 2.65. The maximum Gasteiger partial charge on any atom is 0.416 e. The summed E-state index contributed by atoms with van der Waals surface area (Å²) in [6.45, 7) is 3.81. The van der Waals surface area contributed by atoms with Gasteiger partial charge in [0.05, 0.1) is 16.8 Å². The van der Waals surface area contributed by atoms with E-state index >= 15 is 0 Å². The van der Waals surface area contributed by atoms with Gasteiger partial charge in [-0.1, -0.05) is 30.3 Å². The van der Waals surface area contributed by atoms with Gasteiger partial charge in [0.15, 0.2) is 0 Å². The predicted molar refractivity (Wildman–Crippen MR) is 101 cm³/mol. The van der Waals surface area contributed by atoms with Crippen molar-refractivity contribution in [1.82, 2.24) is 10.2 Å². The molecular weight excluding hydrogens is 367 g/mol. The van der Waals surface area contributed by atoms with E-state index in [1.54, 1.807) is 12.1 Å². The summed E-state index contributed by atoms with van der Waals surface area (Å²) in [6, 6.07) is 11.1. The molecule has 0 aliphatic carbocycles. The minimum Gasteiger partial charge on any atom is -0.362 e. The number of anilines is 1. The van der Waals surface area contributed by atoms with Crippen molar-refractivity contribution >= 4 is 11.6 Å². The van der Waals surface area contributed by atoms with Gasteiger partial charge >= 0.3 is 6.18 Å². The van der Waals surface area contributed by atoms with Crippen LogP contribution in [-0.2, 0) is 12.7 Å². The molecule has 1 amide bonds. The number of benzene rings is 2. The van der Waals surface area contributed by atoms with Crippen molar-refractivity contribution in [2.75, 3.05) is 18.4 Å². The van der Waals surface area contributed by atoms with Crippen LogP contribution in [0.15, 0.2) is 42.5 Å². The van der Waals surface area contributed by atoms with Crippen LogP contribution < -0.4 is 10.6 Å². The van der Waals surface area contributed by atoms with E-state index in [-0.39, 0.29) is 5.91 Å². The topological polar surface area (TPSA) is 44.4 Å². The quantitative estimate of drug-likeness (QED) is 0.811. The number of fused-ring (bicyclic) bond motifs is 1. The largest absolute Gasteiger partial charge is 0.416 e. The zero-order chi connectivity index (χ0) is 19.9. The number of hydrogen-bond donors (Lipinski definition) is 2. The van der Waals surface area contributed by atoms with Crippen molar-refractivity contribution in [3.63, 3.8) is 0 Å². The lowest BCUT2D eigenvalue weighted by atomic mass is 9.91. The fourth-order valence-electron chi connectivity index (χ4n) is 4.03. The Labute approximate surface area is 161 Å². The number of amides is 1. The number of rotatable bonds is 2. The third kappa shape index (κ3) is 3.58. The Balaban J connectivity index is 1.44. The van der Waals surface area contributed by atoms with E-state index in [9.17, 15) is 18.0 Å². The van der Waals surface area contributed by atoms with Crippen molar-refractivity contribution in [3.8, 4) is 0 Å². The number of piperidine rings is 1. The van der Waals surface area contributed by atoms with E-state index in [1.165, 1.54) is 12.1 Å². The van der Waals surface area contributed by atoms with Gasteiger partial charge in [-0.05, 0) is 30.2 Å². The molecular formula is C21H22F3N3O. The van der Waals surface area contributed by atoms with Crippen molar-refractivity contribution < 1.29 is 18.0 Å². The Kier molecular flexibility index (Phi) is 4.57. The number of hydrogen-bond acceptors (Lipinski definition) is 3. The monoisotopic (exact) mass is 389 g/mol. The summed E-state index contributed by atoms with van der Waals surface area (Å²) in [5.74, 6) is -0.0798. The number of nitrogens with one attached hydrogen (secondary N) is 2. The van der Waals surface area contributed by atoms with Gasteiger partial charge in [-0.2, -0.15) is 13.2 Å². The van der Waals surface area contributed by atoms with Crippen LogP contribution in [0.25, 0.3) is 0 Å².